The molecule has 2 heterocycles. The van der Waals surface area contributed by atoms with E-state index in [4.69, 9.17) is 14.7 Å². The van der Waals surface area contributed by atoms with Crippen LogP contribution in [0.15, 0.2) is 30.3 Å². The summed E-state index contributed by atoms with van der Waals surface area (Å²) >= 11 is 0. The Bertz CT molecular complexity index is 830. The van der Waals surface area contributed by atoms with E-state index in [1.807, 2.05) is 46.0 Å². The highest BCUT2D eigenvalue weighted by atomic mass is 16.6. The lowest BCUT2D eigenvalue weighted by Crippen LogP contribution is -2.38. The van der Waals surface area contributed by atoms with Crippen molar-refractivity contribution in [3.05, 3.63) is 53.0 Å². The molecule has 6 heteroatoms. The minimum Gasteiger partial charge on any atom is -0.444 e. The Labute approximate surface area is 167 Å². The molecule has 1 unspecified atom stereocenters. The lowest BCUT2D eigenvalue weighted by atomic mass is 9.99. The van der Waals surface area contributed by atoms with Crippen molar-refractivity contribution in [2.24, 2.45) is 0 Å². The highest BCUT2D eigenvalue weighted by molar-refractivity contribution is 5.68. The lowest BCUT2D eigenvalue weighted by Gasteiger charge is -2.26. The van der Waals surface area contributed by atoms with E-state index in [1.165, 1.54) is 5.56 Å². The summed E-state index contributed by atoms with van der Waals surface area (Å²) in [5.74, 6) is 1.76. The quantitative estimate of drug-likeness (QED) is 0.869. The average Bonchev–Trinajstić information content (AvgIpc) is 2.88. The minimum absolute atomic E-state index is 0.101. The maximum atomic E-state index is 12.5. The Hall–Kier alpha value is -2.63. The van der Waals surface area contributed by atoms with Crippen LogP contribution >= 0.6 is 0 Å². The van der Waals surface area contributed by atoms with Crippen molar-refractivity contribution in [2.75, 3.05) is 25.5 Å². The summed E-state index contributed by atoms with van der Waals surface area (Å²) in [5, 5.41) is 3.23. The number of nitrogens with zero attached hydrogens (tertiary/aromatic N) is 3. The van der Waals surface area contributed by atoms with Gasteiger partial charge in [-0.2, -0.15) is 0 Å². The van der Waals surface area contributed by atoms with E-state index in [9.17, 15) is 4.79 Å². The second-order valence-corrected chi connectivity index (χ2v) is 8.21. The maximum absolute atomic E-state index is 12.5. The second-order valence-electron chi connectivity index (χ2n) is 8.21. The third-order valence-corrected chi connectivity index (χ3v) is 4.94. The first-order chi connectivity index (χ1) is 13.3. The second kappa shape index (κ2) is 8.17. The largest absolute Gasteiger partial charge is 0.444 e. The molecule has 6 nitrogen and oxygen atoms in total. The molecule has 28 heavy (non-hydrogen) atoms. The number of amides is 1. The summed E-state index contributed by atoms with van der Waals surface area (Å²) in [5.41, 5.74) is 2.80. The van der Waals surface area contributed by atoms with Gasteiger partial charge in [0.2, 0.25) is 0 Å². The van der Waals surface area contributed by atoms with Crippen LogP contribution in [0.2, 0.25) is 0 Å². The van der Waals surface area contributed by atoms with Crippen LogP contribution in [-0.4, -0.2) is 46.7 Å². The zero-order valence-electron chi connectivity index (χ0n) is 17.5. The number of carbonyl (C=O) groups excluding carboxylic acids is 1. The van der Waals surface area contributed by atoms with Crippen LogP contribution in [0.4, 0.5) is 10.6 Å². The van der Waals surface area contributed by atoms with Gasteiger partial charge in [-0.15, -0.1) is 0 Å². The standard InChI is InChI=1S/C22H30N4O2/c1-15(16-9-7-6-8-10-16)19-24-18-12-14-26(21(27)28-22(2,3)4)13-11-17(18)20(23-5)25-19/h6-10,15H,11-14H2,1-5H3,(H,23,24,25). The summed E-state index contributed by atoms with van der Waals surface area (Å²) in [6, 6.07) is 10.3. The molecule has 3 rings (SSSR count). The van der Waals surface area contributed by atoms with Crippen molar-refractivity contribution in [3.8, 4) is 0 Å². The monoisotopic (exact) mass is 382 g/mol. The van der Waals surface area contributed by atoms with Crippen molar-refractivity contribution >= 4 is 11.9 Å². The molecule has 150 valence electrons. The van der Waals surface area contributed by atoms with Crippen molar-refractivity contribution in [1.82, 2.24) is 14.9 Å². The molecule has 0 aliphatic carbocycles. The summed E-state index contributed by atoms with van der Waals surface area (Å²) in [4.78, 5) is 23.9. The number of fused-ring (bicyclic) bond motifs is 1. The van der Waals surface area contributed by atoms with Gasteiger partial charge < -0.3 is 15.0 Å². The highest BCUT2D eigenvalue weighted by Crippen LogP contribution is 2.27. The zero-order chi connectivity index (χ0) is 20.3. The Kier molecular flexibility index (Phi) is 5.87. The van der Waals surface area contributed by atoms with Gasteiger partial charge in [0.1, 0.15) is 17.2 Å². The Morgan fingerprint density at radius 3 is 2.46 bits per heavy atom. The number of aromatic nitrogens is 2. The van der Waals surface area contributed by atoms with Crippen molar-refractivity contribution < 1.29 is 9.53 Å². The molecule has 1 atom stereocenters. The van der Waals surface area contributed by atoms with Crippen LogP contribution in [0.5, 0.6) is 0 Å². The Balaban J connectivity index is 1.85. The number of anilines is 1. The zero-order valence-corrected chi connectivity index (χ0v) is 17.5. The molecule has 0 fully saturated rings. The molecular formula is C22H30N4O2. The van der Waals surface area contributed by atoms with Gasteiger partial charge in [0, 0.05) is 38.0 Å². The number of hydrogen-bond acceptors (Lipinski definition) is 5. The number of hydrogen-bond donors (Lipinski definition) is 1. The van der Waals surface area contributed by atoms with Crippen LogP contribution in [-0.2, 0) is 17.6 Å². The predicted molar refractivity (Wildman–Crippen MR) is 111 cm³/mol. The molecule has 1 amide bonds. The van der Waals surface area contributed by atoms with E-state index < -0.39 is 5.60 Å². The van der Waals surface area contributed by atoms with Crippen LogP contribution in [0.1, 0.15) is 56.3 Å². The molecule has 0 spiro atoms. The van der Waals surface area contributed by atoms with Crippen LogP contribution in [0.3, 0.4) is 0 Å². The van der Waals surface area contributed by atoms with E-state index >= 15 is 0 Å². The molecule has 0 radical (unpaired) electrons. The topological polar surface area (TPSA) is 67.4 Å². The summed E-state index contributed by atoms with van der Waals surface area (Å²) in [6.45, 7) is 8.99. The number of carbonyl (C=O) groups is 1. The molecule has 2 aromatic rings. The fourth-order valence-electron chi connectivity index (χ4n) is 3.42. The van der Waals surface area contributed by atoms with E-state index in [2.05, 4.69) is 24.4 Å². The van der Waals surface area contributed by atoms with Crippen molar-refractivity contribution in [2.45, 2.75) is 52.1 Å². The summed E-state index contributed by atoms with van der Waals surface area (Å²) in [6.07, 6.45) is 1.14. The fourth-order valence-corrected chi connectivity index (χ4v) is 3.42. The number of rotatable bonds is 3. The van der Waals surface area contributed by atoms with Crippen molar-refractivity contribution in [3.63, 3.8) is 0 Å². The third-order valence-electron chi connectivity index (χ3n) is 4.94. The predicted octanol–water partition coefficient (Wildman–Crippen LogP) is 4.01. The molecule has 0 saturated carbocycles. The van der Waals surface area contributed by atoms with Gasteiger partial charge in [-0.3, -0.25) is 0 Å². The van der Waals surface area contributed by atoms with Gasteiger partial charge in [-0.05, 0) is 32.8 Å². The fraction of sp³-hybridized carbons (Fsp3) is 0.500. The van der Waals surface area contributed by atoms with Crippen LogP contribution in [0.25, 0.3) is 0 Å². The molecule has 1 aliphatic rings. The number of benzene rings is 1. The Morgan fingerprint density at radius 2 is 1.82 bits per heavy atom. The van der Waals surface area contributed by atoms with Crippen molar-refractivity contribution in [1.29, 1.82) is 0 Å². The van der Waals surface area contributed by atoms with Crippen LogP contribution in [0, 0.1) is 0 Å². The van der Waals surface area contributed by atoms with E-state index in [1.54, 1.807) is 4.90 Å². The molecule has 1 aromatic carbocycles. The molecule has 1 aromatic heterocycles. The Morgan fingerprint density at radius 1 is 1.14 bits per heavy atom. The maximum Gasteiger partial charge on any atom is 0.410 e. The van der Waals surface area contributed by atoms with Crippen LogP contribution < -0.4 is 5.32 Å². The van der Waals surface area contributed by atoms with Gasteiger partial charge >= 0.3 is 6.09 Å². The third kappa shape index (κ3) is 4.61. The molecular weight excluding hydrogens is 352 g/mol. The van der Waals surface area contributed by atoms with Gasteiger partial charge in [-0.25, -0.2) is 14.8 Å². The molecule has 1 N–H and O–H groups in total. The SMILES string of the molecule is CNc1nc(C(C)c2ccccc2)nc2c1CCN(C(=O)OC(C)(C)C)CC2. The molecule has 0 saturated heterocycles. The first-order valence-electron chi connectivity index (χ1n) is 9.89. The van der Waals surface area contributed by atoms with E-state index in [-0.39, 0.29) is 12.0 Å². The lowest BCUT2D eigenvalue weighted by molar-refractivity contribution is 0.0258. The first-order valence-corrected chi connectivity index (χ1v) is 9.89. The minimum atomic E-state index is -0.496. The number of ether oxygens (including phenoxy) is 1. The summed E-state index contributed by atoms with van der Waals surface area (Å²) in [7, 11) is 1.89. The van der Waals surface area contributed by atoms with Gasteiger partial charge in [0.15, 0.2) is 0 Å². The van der Waals surface area contributed by atoms with Gasteiger partial charge in [0.25, 0.3) is 0 Å². The van der Waals surface area contributed by atoms with Gasteiger partial charge in [-0.1, -0.05) is 37.3 Å². The van der Waals surface area contributed by atoms with E-state index in [0.29, 0.717) is 25.9 Å². The average molecular weight is 383 g/mol. The van der Waals surface area contributed by atoms with Gasteiger partial charge in [0.05, 0.1) is 5.69 Å². The first kappa shape index (κ1) is 20.1. The van der Waals surface area contributed by atoms with E-state index in [0.717, 1.165) is 22.9 Å². The highest BCUT2D eigenvalue weighted by Gasteiger charge is 2.27. The number of nitrogens with one attached hydrogen (secondary N) is 1. The normalized spacial score (nSPS) is 15.4. The summed E-state index contributed by atoms with van der Waals surface area (Å²) < 4.78 is 5.54. The molecule has 0 bridgehead atoms. The smallest absolute Gasteiger partial charge is 0.410 e. The molecule has 1 aliphatic heterocycles.